The van der Waals surface area contributed by atoms with Crippen molar-refractivity contribution in [2.24, 2.45) is 5.92 Å². The first-order valence-electron chi connectivity index (χ1n) is 5.72. The molecular weight excluding hydrogens is 252 g/mol. The summed E-state index contributed by atoms with van der Waals surface area (Å²) in [6.07, 6.45) is 7.40. The summed E-state index contributed by atoms with van der Waals surface area (Å²) < 4.78 is 1.14. The van der Waals surface area contributed by atoms with Gasteiger partial charge in [0, 0.05) is 18.8 Å². The van der Waals surface area contributed by atoms with Gasteiger partial charge in [0.1, 0.15) is 5.82 Å². The predicted octanol–water partition coefficient (Wildman–Crippen LogP) is 3.22. The van der Waals surface area contributed by atoms with Crippen LogP contribution in [0.25, 0.3) is 0 Å². The van der Waals surface area contributed by atoms with Crippen LogP contribution in [0.2, 0.25) is 0 Å². The molecule has 0 aromatic carbocycles. The van der Waals surface area contributed by atoms with E-state index >= 15 is 0 Å². The zero-order valence-corrected chi connectivity index (χ0v) is 10.3. The Labute approximate surface area is 98.8 Å². The van der Waals surface area contributed by atoms with E-state index in [-0.39, 0.29) is 0 Å². The van der Waals surface area contributed by atoms with Crippen molar-refractivity contribution in [1.29, 1.82) is 0 Å². The normalized spacial score (nSPS) is 20.3. The molecule has 15 heavy (non-hydrogen) atoms. The average molecular weight is 267 g/mol. The van der Waals surface area contributed by atoms with Crippen molar-refractivity contribution in [3.63, 3.8) is 0 Å². The van der Waals surface area contributed by atoms with Crippen molar-refractivity contribution in [2.75, 3.05) is 11.4 Å². The van der Waals surface area contributed by atoms with E-state index in [1.54, 1.807) is 0 Å². The fraction of sp³-hybridized carbons (Fsp3) is 0.583. The summed E-state index contributed by atoms with van der Waals surface area (Å²) >= 11 is 3.60. The number of rotatable bonds is 4. The highest BCUT2D eigenvalue weighted by Crippen LogP contribution is 2.38. The summed E-state index contributed by atoms with van der Waals surface area (Å²) in [5.74, 6) is 2.08. The molecule has 0 amide bonds. The van der Waals surface area contributed by atoms with E-state index in [1.165, 1.54) is 32.2 Å². The molecule has 80 valence electrons. The van der Waals surface area contributed by atoms with E-state index in [2.05, 4.69) is 31.9 Å². The lowest BCUT2D eigenvalue weighted by Crippen LogP contribution is -2.29. The molecule has 0 unspecified atom stereocenters. The first kappa shape index (κ1) is 9.64. The standard InChI is InChI=1S/C12H15BrN2/c13-11-2-1-7-14-12(11)15(10-5-6-10)8-9-3-4-9/h1-2,7,9-10H,3-6,8H2. The van der Waals surface area contributed by atoms with Gasteiger partial charge in [0.2, 0.25) is 0 Å². The van der Waals surface area contributed by atoms with Gasteiger partial charge in [-0.15, -0.1) is 0 Å². The number of anilines is 1. The molecule has 1 aromatic rings. The van der Waals surface area contributed by atoms with Gasteiger partial charge in [-0.1, -0.05) is 0 Å². The van der Waals surface area contributed by atoms with E-state index in [4.69, 9.17) is 0 Å². The molecule has 2 fully saturated rings. The Morgan fingerprint density at radius 2 is 2.13 bits per heavy atom. The monoisotopic (exact) mass is 266 g/mol. The number of pyridine rings is 1. The molecule has 0 atom stereocenters. The van der Waals surface area contributed by atoms with Crippen molar-refractivity contribution < 1.29 is 0 Å². The number of aromatic nitrogens is 1. The number of hydrogen-bond donors (Lipinski definition) is 0. The number of nitrogens with zero attached hydrogens (tertiary/aromatic N) is 2. The molecule has 2 aliphatic rings. The minimum Gasteiger partial charge on any atom is -0.352 e. The Hall–Kier alpha value is -0.570. The maximum Gasteiger partial charge on any atom is 0.143 e. The third-order valence-electron chi connectivity index (χ3n) is 3.15. The molecule has 0 bridgehead atoms. The lowest BCUT2D eigenvalue weighted by molar-refractivity contribution is 0.707. The van der Waals surface area contributed by atoms with Gasteiger partial charge >= 0.3 is 0 Å². The van der Waals surface area contributed by atoms with E-state index in [0.717, 1.165) is 22.3 Å². The lowest BCUT2D eigenvalue weighted by Gasteiger charge is -2.24. The Morgan fingerprint density at radius 1 is 1.33 bits per heavy atom. The molecule has 0 N–H and O–H groups in total. The van der Waals surface area contributed by atoms with Gasteiger partial charge in [0.25, 0.3) is 0 Å². The zero-order valence-electron chi connectivity index (χ0n) is 8.69. The topological polar surface area (TPSA) is 16.1 Å². The second kappa shape index (κ2) is 3.78. The fourth-order valence-corrected chi connectivity index (χ4v) is 2.44. The Bertz CT molecular complexity index is 358. The van der Waals surface area contributed by atoms with Gasteiger partial charge in [-0.25, -0.2) is 4.98 Å². The zero-order chi connectivity index (χ0) is 10.3. The van der Waals surface area contributed by atoms with Gasteiger partial charge in [-0.2, -0.15) is 0 Å². The van der Waals surface area contributed by atoms with E-state index in [0.29, 0.717) is 0 Å². The molecule has 0 radical (unpaired) electrons. The second-order valence-electron chi connectivity index (χ2n) is 4.64. The van der Waals surface area contributed by atoms with Crippen LogP contribution in [0.15, 0.2) is 22.8 Å². The van der Waals surface area contributed by atoms with Crippen LogP contribution in [0.1, 0.15) is 25.7 Å². The van der Waals surface area contributed by atoms with Crippen molar-refractivity contribution in [2.45, 2.75) is 31.7 Å². The Kier molecular flexibility index (Phi) is 2.43. The second-order valence-corrected chi connectivity index (χ2v) is 5.49. The van der Waals surface area contributed by atoms with E-state index in [1.807, 2.05) is 12.3 Å². The SMILES string of the molecule is Brc1cccnc1N(CC1CC1)C1CC1. The summed E-state index contributed by atoms with van der Waals surface area (Å²) in [5, 5.41) is 0. The summed E-state index contributed by atoms with van der Waals surface area (Å²) in [6, 6.07) is 4.83. The third-order valence-corrected chi connectivity index (χ3v) is 3.77. The highest BCUT2D eigenvalue weighted by Gasteiger charge is 2.35. The molecule has 1 aromatic heterocycles. The molecule has 3 rings (SSSR count). The summed E-state index contributed by atoms with van der Waals surface area (Å²) in [6.45, 7) is 1.21. The molecule has 0 saturated heterocycles. The maximum atomic E-state index is 4.50. The van der Waals surface area contributed by atoms with Crippen molar-refractivity contribution in [3.8, 4) is 0 Å². The van der Waals surface area contributed by atoms with Crippen molar-refractivity contribution in [1.82, 2.24) is 4.98 Å². The number of hydrogen-bond acceptors (Lipinski definition) is 2. The fourth-order valence-electron chi connectivity index (χ4n) is 1.96. The minimum absolute atomic E-state index is 0.761. The molecule has 3 heteroatoms. The van der Waals surface area contributed by atoms with Crippen LogP contribution in [0.3, 0.4) is 0 Å². The summed E-state index contributed by atoms with van der Waals surface area (Å²) in [7, 11) is 0. The van der Waals surface area contributed by atoms with Crippen LogP contribution in [0.5, 0.6) is 0 Å². The largest absolute Gasteiger partial charge is 0.352 e. The van der Waals surface area contributed by atoms with Crippen molar-refractivity contribution in [3.05, 3.63) is 22.8 Å². The maximum absolute atomic E-state index is 4.50. The Balaban J connectivity index is 1.83. The molecule has 2 aliphatic carbocycles. The van der Waals surface area contributed by atoms with Crippen LogP contribution in [0.4, 0.5) is 5.82 Å². The quantitative estimate of drug-likeness (QED) is 0.832. The Morgan fingerprint density at radius 3 is 2.73 bits per heavy atom. The summed E-state index contributed by atoms with van der Waals surface area (Å²) in [5.41, 5.74) is 0. The smallest absolute Gasteiger partial charge is 0.143 e. The van der Waals surface area contributed by atoms with Crippen molar-refractivity contribution >= 4 is 21.7 Å². The van der Waals surface area contributed by atoms with E-state index < -0.39 is 0 Å². The first-order chi connectivity index (χ1) is 7.34. The third kappa shape index (κ3) is 2.17. The van der Waals surface area contributed by atoms with Gasteiger partial charge in [0.15, 0.2) is 0 Å². The van der Waals surface area contributed by atoms with Crippen LogP contribution in [-0.4, -0.2) is 17.6 Å². The molecule has 0 spiro atoms. The molecule has 0 aliphatic heterocycles. The van der Waals surface area contributed by atoms with E-state index in [9.17, 15) is 0 Å². The molecule has 2 saturated carbocycles. The molecule has 1 heterocycles. The predicted molar refractivity (Wildman–Crippen MR) is 65.0 cm³/mol. The highest BCUT2D eigenvalue weighted by molar-refractivity contribution is 9.10. The van der Waals surface area contributed by atoms with Gasteiger partial charge in [-0.3, -0.25) is 0 Å². The van der Waals surface area contributed by atoms with Gasteiger partial charge in [-0.05, 0) is 59.7 Å². The van der Waals surface area contributed by atoms with Crippen LogP contribution < -0.4 is 4.90 Å². The summed E-state index contributed by atoms with van der Waals surface area (Å²) in [4.78, 5) is 7.00. The minimum atomic E-state index is 0.761. The molecular formula is C12H15BrN2. The first-order valence-corrected chi connectivity index (χ1v) is 6.51. The van der Waals surface area contributed by atoms with Gasteiger partial charge in [0.05, 0.1) is 4.47 Å². The van der Waals surface area contributed by atoms with Crippen LogP contribution >= 0.6 is 15.9 Å². The molecule has 2 nitrogen and oxygen atoms in total. The van der Waals surface area contributed by atoms with Gasteiger partial charge < -0.3 is 4.90 Å². The van der Waals surface area contributed by atoms with Crippen LogP contribution in [0, 0.1) is 5.92 Å². The lowest BCUT2D eigenvalue weighted by atomic mass is 10.3. The highest BCUT2D eigenvalue weighted by atomic mass is 79.9. The van der Waals surface area contributed by atoms with Crippen LogP contribution in [-0.2, 0) is 0 Å². The number of halogens is 1. The average Bonchev–Trinajstić information content (AvgIpc) is 3.10.